The van der Waals surface area contributed by atoms with Crippen molar-refractivity contribution >= 4 is 17.9 Å². The van der Waals surface area contributed by atoms with E-state index in [4.69, 9.17) is 14.2 Å². The highest BCUT2D eigenvalue weighted by atomic mass is 16.6. The zero-order valence-electron chi connectivity index (χ0n) is 42.9. The fourth-order valence-electron chi connectivity index (χ4n) is 6.89. The molecule has 0 fully saturated rings. The number of rotatable bonds is 46. The molecule has 0 aliphatic carbocycles. The van der Waals surface area contributed by atoms with E-state index in [1.165, 1.54) is 77.0 Å². The lowest BCUT2D eigenvalue weighted by Crippen LogP contribution is -2.30. The number of allylic oxidation sites excluding steroid dienone is 22. The zero-order valence-corrected chi connectivity index (χ0v) is 42.9. The third-order valence-electron chi connectivity index (χ3n) is 10.9. The van der Waals surface area contributed by atoms with Crippen molar-refractivity contribution in [3.8, 4) is 0 Å². The maximum atomic E-state index is 12.8. The Balaban J connectivity index is 4.54. The predicted octanol–water partition coefficient (Wildman–Crippen LogP) is 17.9. The van der Waals surface area contributed by atoms with Gasteiger partial charge in [0.25, 0.3) is 0 Å². The van der Waals surface area contributed by atoms with Crippen molar-refractivity contribution in [3.63, 3.8) is 0 Å². The third-order valence-corrected chi connectivity index (χ3v) is 10.9. The Labute approximate surface area is 411 Å². The van der Waals surface area contributed by atoms with Gasteiger partial charge in [0.05, 0.1) is 0 Å². The van der Waals surface area contributed by atoms with Crippen LogP contribution in [0.15, 0.2) is 134 Å². The van der Waals surface area contributed by atoms with Crippen LogP contribution in [-0.4, -0.2) is 37.2 Å². The first-order valence-corrected chi connectivity index (χ1v) is 26.8. The van der Waals surface area contributed by atoms with E-state index in [1.54, 1.807) is 0 Å². The summed E-state index contributed by atoms with van der Waals surface area (Å²) in [6, 6.07) is 0. The monoisotopic (exact) mass is 925 g/mol. The summed E-state index contributed by atoms with van der Waals surface area (Å²) in [5.41, 5.74) is 0. The number of ether oxygens (including phenoxy) is 3. The lowest BCUT2D eigenvalue weighted by Gasteiger charge is -2.18. The normalized spacial score (nSPS) is 13.2. The molecule has 376 valence electrons. The molecule has 0 radical (unpaired) electrons. The van der Waals surface area contributed by atoms with E-state index in [9.17, 15) is 14.4 Å². The first-order valence-electron chi connectivity index (χ1n) is 26.8. The Morgan fingerprint density at radius 1 is 0.313 bits per heavy atom. The molecule has 0 saturated carbocycles. The minimum atomic E-state index is -0.813. The summed E-state index contributed by atoms with van der Waals surface area (Å²) in [5, 5.41) is 0. The quantitative estimate of drug-likeness (QED) is 0.0199. The van der Waals surface area contributed by atoms with Gasteiger partial charge in [0.2, 0.25) is 0 Å². The lowest BCUT2D eigenvalue weighted by atomic mass is 10.1. The number of esters is 3. The summed E-state index contributed by atoms with van der Waals surface area (Å²) >= 11 is 0. The zero-order chi connectivity index (χ0) is 48.6. The molecule has 0 heterocycles. The van der Waals surface area contributed by atoms with Crippen molar-refractivity contribution < 1.29 is 28.6 Å². The maximum Gasteiger partial charge on any atom is 0.306 e. The van der Waals surface area contributed by atoms with Crippen LogP contribution in [0.1, 0.15) is 213 Å². The largest absolute Gasteiger partial charge is 0.462 e. The number of unbranched alkanes of at least 4 members (excludes halogenated alkanes) is 21. The summed E-state index contributed by atoms with van der Waals surface area (Å²) in [7, 11) is 0. The molecular formula is C61H96O6. The molecule has 1 unspecified atom stereocenters. The Morgan fingerprint density at radius 3 is 0.970 bits per heavy atom. The number of hydrogen-bond donors (Lipinski definition) is 0. The van der Waals surface area contributed by atoms with Crippen LogP contribution in [0.4, 0.5) is 0 Å². The SMILES string of the molecule is CC/C=C/C=C/C=C/C=C/C=C/C=C/C=C/CCCCCC(=O)OCC(COC(=O)CCCCCCC/C=C/C=C/C=C/CC)OC(=O)CCCCCCCCC/C=C/CCCCCCCC. The minimum Gasteiger partial charge on any atom is -0.462 e. The molecule has 0 spiro atoms. The van der Waals surface area contributed by atoms with Gasteiger partial charge in [-0.1, -0.05) is 244 Å². The lowest BCUT2D eigenvalue weighted by molar-refractivity contribution is -0.167. The number of hydrogen-bond acceptors (Lipinski definition) is 6. The second-order valence-electron chi connectivity index (χ2n) is 17.3. The van der Waals surface area contributed by atoms with Crippen LogP contribution < -0.4 is 0 Å². The van der Waals surface area contributed by atoms with Gasteiger partial charge in [-0.15, -0.1) is 0 Å². The summed E-state index contributed by atoms with van der Waals surface area (Å²) in [5.74, 6) is -0.986. The molecule has 0 aliphatic rings. The van der Waals surface area contributed by atoms with Gasteiger partial charge in [-0.3, -0.25) is 14.4 Å². The molecule has 0 aromatic carbocycles. The van der Waals surface area contributed by atoms with E-state index in [2.05, 4.69) is 81.5 Å². The molecule has 1 atom stereocenters. The minimum absolute atomic E-state index is 0.110. The van der Waals surface area contributed by atoms with Crippen LogP contribution in [-0.2, 0) is 28.6 Å². The van der Waals surface area contributed by atoms with E-state index in [1.807, 2.05) is 72.9 Å². The summed E-state index contributed by atoms with van der Waals surface area (Å²) in [4.78, 5) is 38.1. The van der Waals surface area contributed by atoms with E-state index in [0.29, 0.717) is 19.3 Å². The molecule has 0 aromatic heterocycles. The molecule has 6 heteroatoms. The summed E-state index contributed by atoms with van der Waals surface area (Å²) in [6.45, 7) is 6.28. The average molecular weight is 925 g/mol. The highest BCUT2D eigenvalue weighted by Gasteiger charge is 2.19. The molecule has 0 bridgehead atoms. The molecule has 6 nitrogen and oxygen atoms in total. The Kier molecular flexibility index (Phi) is 50.6. The van der Waals surface area contributed by atoms with Gasteiger partial charge in [-0.05, 0) is 83.5 Å². The highest BCUT2D eigenvalue weighted by Crippen LogP contribution is 2.14. The molecule has 0 aliphatic heterocycles. The fourth-order valence-corrected chi connectivity index (χ4v) is 6.89. The van der Waals surface area contributed by atoms with Gasteiger partial charge < -0.3 is 14.2 Å². The van der Waals surface area contributed by atoms with Gasteiger partial charge in [0.1, 0.15) is 13.2 Å². The number of carbonyl (C=O) groups excluding carboxylic acids is 3. The summed E-state index contributed by atoms with van der Waals surface area (Å²) < 4.78 is 16.8. The summed E-state index contributed by atoms with van der Waals surface area (Å²) in [6.07, 6.45) is 75.7. The van der Waals surface area contributed by atoms with E-state index in [-0.39, 0.29) is 31.1 Å². The maximum absolute atomic E-state index is 12.8. The van der Waals surface area contributed by atoms with Crippen molar-refractivity contribution in [2.75, 3.05) is 13.2 Å². The molecule has 0 aromatic rings. The van der Waals surface area contributed by atoms with Gasteiger partial charge in [0.15, 0.2) is 6.10 Å². The van der Waals surface area contributed by atoms with Crippen LogP contribution in [0, 0.1) is 0 Å². The van der Waals surface area contributed by atoms with Crippen LogP contribution in [0.5, 0.6) is 0 Å². The Morgan fingerprint density at radius 2 is 0.597 bits per heavy atom. The van der Waals surface area contributed by atoms with Crippen molar-refractivity contribution in [1.82, 2.24) is 0 Å². The van der Waals surface area contributed by atoms with Gasteiger partial charge in [0, 0.05) is 19.3 Å². The molecule has 67 heavy (non-hydrogen) atoms. The highest BCUT2D eigenvalue weighted by molar-refractivity contribution is 5.71. The fraction of sp³-hybridized carbons (Fsp3) is 0.590. The molecule has 0 amide bonds. The van der Waals surface area contributed by atoms with Crippen LogP contribution >= 0.6 is 0 Å². The molecule has 0 saturated heterocycles. The second-order valence-corrected chi connectivity index (χ2v) is 17.3. The first kappa shape index (κ1) is 62.5. The molecular weight excluding hydrogens is 829 g/mol. The molecule has 0 N–H and O–H groups in total. The van der Waals surface area contributed by atoms with Crippen molar-refractivity contribution in [2.24, 2.45) is 0 Å². The Hall–Kier alpha value is -4.45. The van der Waals surface area contributed by atoms with Gasteiger partial charge >= 0.3 is 17.9 Å². The first-order chi connectivity index (χ1) is 33.0. The smallest absolute Gasteiger partial charge is 0.306 e. The van der Waals surface area contributed by atoms with Gasteiger partial charge in [-0.25, -0.2) is 0 Å². The van der Waals surface area contributed by atoms with Crippen LogP contribution in [0.3, 0.4) is 0 Å². The Bertz CT molecular complexity index is 1480. The number of carbonyl (C=O) groups is 3. The average Bonchev–Trinajstić information content (AvgIpc) is 3.33. The van der Waals surface area contributed by atoms with Crippen LogP contribution in [0.2, 0.25) is 0 Å². The van der Waals surface area contributed by atoms with Crippen molar-refractivity contribution in [3.05, 3.63) is 134 Å². The van der Waals surface area contributed by atoms with E-state index in [0.717, 1.165) is 96.3 Å². The molecule has 0 rings (SSSR count). The van der Waals surface area contributed by atoms with Gasteiger partial charge in [-0.2, -0.15) is 0 Å². The van der Waals surface area contributed by atoms with E-state index < -0.39 is 6.10 Å². The predicted molar refractivity (Wildman–Crippen MR) is 288 cm³/mol. The topological polar surface area (TPSA) is 78.9 Å². The van der Waals surface area contributed by atoms with Crippen molar-refractivity contribution in [1.29, 1.82) is 0 Å². The van der Waals surface area contributed by atoms with Crippen molar-refractivity contribution in [2.45, 2.75) is 219 Å². The third kappa shape index (κ3) is 52.4. The second kappa shape index (κ2) is 54.2. The standard InChI is InChI=1S/C61H96O6/c1-4-7-10-13-16-19-22-25-27-29-30-32-33-36-39-42-45-48-51-54-60(63)66-57-58(56-65-59(62)53-50-47-44-41-38-35-24-21-18-15-12-9-6-3)67-61(64)55-52-49-46-43-40-37-34-31-28-26-23-20-17-14-11-8-5-2/h7,9-10,12-13,15-16,18-19,21-22,24-30,32-33,36,39,58H,4-6,8,11,14,17,20,23,31,34-35,37-38,40-57H2,1-3H3/b10-7+,12-9+,16-13+,18-15+,22-19+,24-21+,27-25+,28-26+,30-29+,33-32+,39-36+. The van der Waals surface area contributed by atoms with E-state index >= 15 is 0 Å². The van der Waals surface area contributed by atoms with Crippen LogP contribution in [0.25, 0.3) is 0 Å².